The number of aryl methyl sites for hydroxylation is 1. The van der Waals surface area contributed by atoms with Gasteiger partial charge in [-0.3, -0.25) is 9.69 Å². The Bertz CT molecular complexity index is 979. The maximum atomic E-state index is 12.9. The molecule has 168 valence electrons. The summed E-state index contributed by atoms with van der Waals surface area (Å²) in [5.41, 5.74) is 2.77. The molecular formula is C24H33N3O3S. The Hall–Kier alpha value is -2.22. The zero-order chi connectivity index (χ0) is 22.4. The van der Waals surface area contributed by atoms with Crippen molar-refractivity contribution < 1.29 is 13.2 Å². The third-order valence-electron chi connectivity index (χ3n) is 5.59. The summed E-state index contributed by atoms with van der Waals surface area (Å²) in [7, 11) is -3.45. The molecule has 2 aromatic rings. The van der Waals surface area contributed by atoms with Crippen molar-refractivity contribution in [2.75, 3.05) is 32.7 Å². The Kier molecular flexibility index (Phi) is 7.86. The van der Waals surface area contributed by atoms with Crippen LogP contribution in [0.4, 0.5) is 0 Å². The van der Waals surface area contributed by atoms with Crippen molar-refractivity contribution in [1.82, 2.24) is 14.5 Å². The van der Waals surface area contributed by atoms with E-state index in [1.165, 1.54) is 0 Å². The topological polar surface area (TPSA) is 69.7 Å². The minimum Gasteiger partial charge on any atom is -0.352 e. The first kappa shape index (κ1) is 23.4. The van der Waals surface area contributed by atoms with Crippen molar-refractivity contribution in [3.05, 3.63) is 65.2 Å². The Morgan fingerprint density at radius 3 is 2.35 bits per heavy atom. The summed E-state index contributed by atoms with van der Waals surface area (Å²) in [6, 6.07) is 14.7. The van der Waals surface area contributed by atoms with E-state index in [4.69, 9.17) is 0 Å². The molecule has 0 radical (unpaired) electrons. The molecule has 1 heterocycles. The van der Waals surface area contributed by atoms with E-state index in [1.54, 1.807) is 16.4 Å². The Labute approximate surface area is 186 Å². The van der Waals surface area contributed by atoms with Crippen LogP contribution in [0.5, 0.6) is 0 Å². The van der Waals surface area contributed by atoms with E-state index in [1.807, 2.05) is 43.3 Å². The van der Waals surface area contributed by atoms with Gasteiger partial charge in [0.15, 0.2) is 0 Å². The monoisotopic (exact) mass is 443 g/mol. The molecule has 7 heteroatoms. The van der Waals surface area contributed by atoms with E-state index in [-0.39, 0.29) is 5.91 Å². The molecule has 1 aliphatic rings. The number of hydrogen-bond donors (Lipinski definition) is 1. The van der Waals surface area contributed by atoms with Crippen LogP contribution in [0.3, 0.4) is 0 Å². The molecule has 0 saturated carbocycles. The first-order chi connectivity index (χ1) is 14.8. The lowest BCUT2D eigenvalue weighted by atomic mass is 10.1. The number of hydrogen-bond acceptors (Lipinski definition) is 4. The minimum atomic E-state index is -3.45. The molecule has 0 bridgehead atoms. The maximum Gasteiger partial charge on any atom is 0.251 e. The lowest BCUT2D eigenvalue weighted by Gasteiger charge is -2.34. The highest BCUT2D eigenvalue weighted by Gasteiger charge is 2.28. The van der Waals surface area contributed by atoms with Crippen LogP contribution in [0, 0.1) is 12.8 Å². The Morgan fingerprint density at radius 2 is 1.71 bits per heavy atom. The molecule has 1 amide bonds. The maximum absolute atomic E-state index is 12.9. The van der Waals surface area contributed by atoms with E-state index >= 15 is 0 Å². The van der Waals surface area contributed by atoms with Crippen molar-refractivity contribution in [1.29, 1.82) is 0 Å². The molecule has 1 N–H and O–H groups in total. The molecule has 6 nitrogen and oxygen atoms in total. The number of nitrogens with one attached hydrogen (secondary N) is 1. The highest BCUT2D eigenvalue weighted by atomic mass is 32.2. The summed E-state index contributed by atoms with van der Waals surface area (Å²) in [6.45, 7) is 9.85. The second-order valence-corrected chi connectivity index (χ2v) is 10.6. The molecule has 1 fully saturated rings. The molecule has 1 aliphatic heterocycles. The Balaban J connectivity index is 1.55. The van der Waals surface area contributed by atoms with Gasteiger partial charge in [0.05, 0.1) is 4.90 Å². The smallest absolute Gasteiger partial charge is 0.251 e. The molecule has 3 rings (SSSR count). The predicted molar refractivity (Wildman–Crippen MR) is 123 cm³/mol. The highest BCUT2D eigenvalue weighted by Crippen LogP contribution is 2.19. The summed E-state index contributed by atoms with van der Waals surface area (Å²) in [5, 5.41) is 2.98. The molecule has 0 aliphatic carbocycles. The lowest BCUT2D eigenvalue weighted by Crippen LogP contribution is -2.48. The van der Waals surface area contributed by atoms with Gasteiger partial charge in [0.25, 0.3) is 5.91 Å². The molecule has 1 saturated heterocycles. The summed E-state index contributed by atoms with van der Waals surface area (Å²) >= 11 is 0. The zero-order valence-corrected chi connectivity index (χ0v) is 19.5. The molecule has 0 atom stereocenters. The summed E-state index contributed by atoms with van der Waals surface area (Å²) < 4.78 is 27.3. The van der Waals surface area contributed by atoms with E-state index < -0.39 is 10.0 Å². The van der Waals surface area contributed by atoms with Crippen LogP contribution >= 0.6 is 0 Å². The normalized spacial score (nSPS) is 15.9. The van der Waals surface area contributed by atoms with Crippen molar-refractivity contribution in [3.63, 3.8) is 0 Å². The van der Waals surface area contributed by atoms with Crippen LogP contribution < -0.4 is 5.32 Å². The van der Waals surface area contributed by atoms with Gasteiger partial charge in [0.1, 0.15) is 0 Å². The lowest BCUT2D eigenvalue weighted by molar-refractivity contribution is 0.0951. The Morgan fingerprint density at radius 1 is 1.03 bits per heavy atom. The summed E-state index contributed by atoms with van der Waals surface area (Å²) in [6.07, 6.45) is 0.960. The summed E-state index contributed by atoms with van der Waals surface area (Å²) in [5.74, 6) is 0.511. The first-order valence-corrected chi connectivity index (χ1v) is 12.4. The van der Waals surface area contributed by atoms with Crippen molar-refractivity contribution in [2.45, 2.75) is 38.6 Å². The average Bonchev–Trinajstić information content (AvgIpc) is 2.74. The standard InChI is InChI=1S/C24H33N3O3S/c1-19(2)11-12-25-24(28)22-6-4-5-21(17-22)18-26-13-15-27(16-14-26)31(29,30)23-9-7-20(3)8-10-23/h4-10,17,19H,11-16,18H2,1-3H3,(H,25,28). The van der Waals surface area contributed by atoms with Gasteiger partial charge in [0, 0.05) is 44.8 Å². The number of benzene rings is 2. The van der Waals surface area contributed by atoms with Gasteiger partial charge in [-0.1, -0.05) is 43.7 Å². The number of carbonyl (C=O) groups is 1. The van der Waals surface area contributed by atoms with Crippen LogP contribution in [-0.4, -0.2) is 56.3 Å². The zero-order valence-electron chi connectivity index (χ0n) is 18.7. The van der Waals surface area contributed by atoms with Gasteiger partial charge in [-0.25, -0.2) is 8.42 Å². The van der Waals surface area contributed by atoms with Crippen LogP contribution in [0.1, 0.15) is 41.8 Å². The summed E-state index contributed by atoms with van der Waals surface area (Å²) in [4.78, 5) is 15.0. The van der Waals surface area contributed by atoms with Crippen molar-refractivity contribution in [3.8, 4) is 0 Å². The van der Waals surface area contributed by atoms with Gasteiger partial charge in [-0.15, -0.1) is 0 Å². The second-order valence-electron chi connectivity index (χ2n) is 8.63. The average molecular weight is 444 g/mol. The van der Waals surface area contributed by atoms with Crippen LogP contribution in [0.15, 0.2) is 53.4 Å². The third-order valence-corrected chi connectivity index (χ3v) is 7.51. The van der Waals surface area contributed by atoms with Gasteiger partial charge >= 0.3 is 0 Å². The van der Waals surface area contributed by atoms with Crippen molar-refractivity contribution in [2.24, 2.45) is 5.92 Å². The van der Waals surface area contributed by atoms with E-state index in [2.05, 4.69) is 24.1 Å². The van der Waals surface area contributed by atoms with Gasteiger partial charge in [-0.05, 0) is 49.1 Å². The van der Waals surface area contributed by atoms with Crippen LogP contribution in [-0.2, 0) is 16.6 Å². The number of nitrogens with zero attached hydrogens (tertiary/aromatic N) is 2. The molecule has 31 heavy (non-hydrogen) atoms. The molecule has 0 aromatic heterocycles. The molecular weight excluding hydrogens is 410 g/mol. The van der Waals surface area contributed by atoms with Crippen molar-refractivity contribution >= 4 is 15.9 Å². The van der Waals surface area contributed by atoms with Gasteiger partial charge in [0.2, 0.25) is 10.0 Å². The fourth-order valence-corrected chi connectivity index (χ4v) is 5.06. The largest absolute Gasteiger partial charge is 0.352 e. The third kappa shape index (κ3) is 6.38. The fraction of sp³-hybridized carbons (Fsp3) is 0.458. The second kappa shape index (κ2) is 10.4. The minimum absolute atomic E-state index is 0.0449. The van der Waals surface area contributed by atoms with Crippen LogP contribution in [0.2, 0.25) is 0 Å². The SMILES string of the molecule is Cc1ccc(S(=O)(=O)N2CCN(Cc3cccc(C(=O)NCCC(C)C)c3)CC2)cc1. The number of rotatable bonds is 8. The quantitative estimate of drug-likeness (QED) is 0.680. The number of carbonyl (C=O) groups excluding carboxylic acids is 1. The number of amides is 1. The fourth-order valence-electron chi connectivity index (χ4n) is 3.63. The molecule has 0 spiro atoms. The van der Waals surface area contributed by atoms with E-state index in [0.717, 1.165) is 17.5 Å². The highest BCUT2D eigenvalue weighted by molar-refractivity contribution is 7.89. The van der Waals surface area contributed by atoms with Gasteiger partial charge in [-0.2, -0.15) is 4.31 Å². The number of sulfonamides is 1. The predicted octanol–water partition coefficient (Wildman–Crippen LogP) is 3.28. The van der Waals surface area contributed by atoms with E-state index in [9.17, 15) is 13.2 Å². The molecule has 2 aromatic carbocycles. The van der Waals surface area contributed by atoms with Gasteiger partial charge < -0.3 is 5.32 Å². The number of piperazine rings is 1. The van der Waals surface area contributed by atoms with Crippen LogP contribution in [0.25, 0.3) is 0 Å². The molecule has 0 unspecified atom stereocenters. The van der Waals surface area contributed by atoms with E-state index in [0.29, 0.717) is 55.6 Å². The first-order valence-electron chi connectivity index (χ1n) is 10.9.